The van der Waals surface area contributed by atoms with Crippen LogP contribution in [0.2, 0.25) is 0 Å². The van der Waals surface area contributed by atoms with Gasteiger partial charge in [-0.05, 0) is 30.7 Å². The maximum absolute atomic E-state index is 13.9. The number of halogens is 1. The normalized spacial score (nSPS) is 10.5. The van der Waals surface area contributed by atoms with Gasteiger partial charge in [0.1, 0.15) is 11.5 Å². The monoisotopic (exact) mass is 276 g/mol. The Kier molecular flexibility index (Phi) is 3.56. The van der Waals surface area contributed by atoms with E-state index in [0.29, 0.717) is 5.56 Å². The van der Waals surface area contributed by atoms with E-state index in [1.165, 1.54) is 16.7 Å². The highest BCUT2D eigenvalue weighted by atomic mass is 19.1. The number of carbonyl (C=O) groups is 2. The fraction of sp³-hybridized carbons (Fsp3) is 0.143. The molecule has 5 nitrogen and oxygen atoms in total. The molecule has 0 fully saturated rings. The summed E-state index contributed by atoms with van der Waals surface area (Å²) in [5.41, 5.74) is 6.14. The van der Waals surface area contributed by atoms with E-state index in [4.69, 9.17) is 10.8 Å². The summed E-state index contributed by atoms with van der Waals surface area (Å²) in [6.45, 7) is 1.74. The van der Waals surface area contributed by atoms with E-state index in [2.05, 4.69) is 0 Å². The fourth-order valence-corrected chi connectivity index (χ4v) is 2.02. The molecule has 0 radical (unpaired) electrons. The number of primary amides is 1. The molecule has 0 aliphatic heterocycles. The average Bonchev–Trinajstić information content (AvgIpc) is 2.72. The third-order valence-corrected chi connectivity index (χ3v) is 3.05. The fourth-order valence-electron chi connectivity index (χ4n) is 2.02. The van der Waals surface area contributed by atoms with E-state index < -0.39 is 17.7 Å². The Morgan fingerprint density at radius 2 is 2.05 bits per heavy atom. The van der Waals surface area contributed by atoms with Gasteiger partial charge in [-0.25, -0.2) is 9.18 Å². The second-order valence-corrected chi connectivity index (χ2v) is 4.45. The number of hydrogen-bond acceptors (Lipinski definition) is 2. The smallest absolute Gasteiger partial charge is 0.352 e. The molecule has 0 bridgehead atoms. The van der Waals surface area contributed by atoms with Gasteiger partial charge < -0.3 is 15.4 Å². The van der Waals surface area contributed by atoms with Gasteiger partial charge in [-0.3, -0.25) is 4.79 Å². The van der Waals surface area contributed by atoms with E-state index in [9.17, 15) is 14.0 Å². The predicted octanol–water partition coefficient (Wildman–Crippen LogP) is 1.78. The standard InChI is InChI=1S/C14H13FN2O3/c1-8-4-5-17(12(8)14(19)20)7-10-3-2-9(13(16)18)6-11(10)15/h2-6H,7H2,1H3,(H2,16,18)(H,19,20). The van der Waals surface area contributed by atoms with Crippen molar-refractivity contribution in [3.8, 4) is 0 Å². The molecule has 2 rings (SSSR count). The van der Waals surface area contributed by atoms with Crippen molar-refractivity contribution < 1.29 is 19.1 Å². The zero-order valence-electron chi connectivity index (χ0n) is 10.8. The largest absolute Gasteiger partial charge is 0.477 e. The number of nitrogens with two attached hydrogens (primary N) is 1. The molecule has 6 heteroatoms. The van der Waals surface area contributed by atoms with Gasteiger partial charge in [0.25, 0.3) is 0 Å². The van der Waals surface area contributed by atoms with Gasteiger partial charge in [0, 0.05) is 17.3 Å². The highest BCUT2D eigenvalue weighted by Crippen LogP contribution is 2.16. The van der Waals surface area contributed by atoms with Crippen LogP contribution in [0, 0.1) is 12.7 Å². The lowest BCUT2D eigenvalue weighted by Crippen LogP contribution is -2.13. The third-order valence-electron chi connectivity index (χ3n) is 3.05. The van der Waals surface area contributed by atoms with Crippen LogP contribution in [0.5, 0.6) is 0 Å². The Labute approximate surface area is 114 Å². The molecule has 0 aliphatic rings. The highest BCUT2D eigenvalue weighted by molar-refractivity contribution is 5.92. The number of aromatic carboxylic acids is 1. The summed E-state index contributed by atoms with van der Waals surface area (Å²) < 4.78 is 15.3. The van der Waals surface area contributed by atoms with Crippen molar-refractivity contribution in [1.82, 2.24) is 4.57 Å². The van der Waals surface area contributed by atoms with Crippen molar-refractivity contribution in [3.63, 3.8) is 0 Å². The minimum Gasteiger partial charge on any atom is -0.477 e. The summed E-state index contributed by atoms with van der Waals surface area (Å²) >= 11 is 0. The van der Waals surface area contributed by atoms with E-state index >= 15 is 0 Å². The number of aromatic nitrogens is 1. The van der Waals surface area contributed by atoms with E-state index in [1.807, 2.05) is 0 Å². The minimum absolute atomic E-state index is 0.0698. The molecule has 0 atom stereocenters. The molecule has 0 saturated carbocycles. The second-order valence-electron chi connectivity index (χ2n) is 4.45. The van der Waals surface area contributed by atoms with Gasteiger partial charge in [-0.15, -0.1) is 0 Å². The van der Waals surface area contributed by atoms with Crippen LogP contribution in [0.25, 0.3) is 0 Å². The number of rotatable bonds is 4. The molecule has 1 aromatic heterocycles. The van der Waals surface area contributed by atoms with E-state index in [1.54, 1.807) is 19.2 Å². The highest BCUT2D eigenvalue weighted by Gasteiger charge is 2.15. The Morgan fingerprint density at radius 1 is 1.35 bits per heavy atom. The van der Waals surface area contributed by atoms with Crippen LogP contribution in [0.1, 0.15) is 32.0 Å². The molecule has 1 aromatic carbocycles. The zero-order valence-corrected chi connectivity index (χ0v) is 10.8. The maximum Gasteiger partial charge on any atom is 0.352 e. The summed E-state index contributed by atoms with van der Waals surface area (Å²) in [7, 11) is 0. The van der Waals surface area contributed by atoms with Crippen LogP contribution >= 0.6 is 0 Å². The van der Waals surface area contributed by atoms with Crippen molar-refractivity contribution in [2.75, 3.05) is 0 Å². The second kappa shape index (κ2) is 5.16. The van der Waals surface area contributed by atoms with Crippen molar-refractivity contribution in [3.05, 3.63) is 58.7 Å². The van der Waals surface area contributed by atoms with E-state index in [-0.39, 0.29) is 23.4 Å². The molecule has 1 heterocycles. The molecule has 2 aromatic rings. The molecule has 104 valence electrons. The van der Waals surface area contributed by atoms with Gasteiger partial charge in [0.15, 0.2) is 0 Å². The Morgan fingerprint density at radius 3 is 2.60 bits per heavy atom. The van der Waals surface area contributed by atoms with Gasteiger partial charge in [-0.2, -0.15) is 0 Å². The first-order valence-corrected chi connectivity index (χ1v) is 5.87. The van der Waals surface area contributed by atoms with Crippen LogP contribution < -0.4 is 5.73 Å². The topological polar surface area (TPSA) is 85.3 Å². The first-order valence-electron chi connectivity index (χ1n) is 5.87. The van der Waals surface area contributed by atoms with Crippen molar-refractivity contribution in [2.24, 2.45) is 5.73 Å². The van der Waals surface area contributed by atoms with Crippen molar-refractivity contribution in [2.45, 2.75) is 13.5 Å². The lowest BCUT2D eigenvalue weighted by molar-refractivity contribution is 0.0684. The lowest BCUT2D eigenvalue weighted by Gasteiger charge is -2.09. The van der Waals surface area contributed by atoms with E-state index in [0.717, 1.165) is 6.07 Å². The first-order chi connectivity index (χ1) is 9.40. The molecule has 0 spiro atoms. The number of carboxylic acid groups (broad SMARTS) is 1. The molecule has 0 aliphatic carbocycles. The minimum atomic E-state index is -1.07. The number of carboxylic acids is 1. The van der Waals surface area contributed by atoms with Gasteiger partial charge in [0.05, 0.1) is 6.54 Å². The summed E-state index contributed by atoms with van der Waals surface area (Å²) in [5.74, 6) is -2.37. The molecule has 3 N–H and O–H groups in total. The van der Waals surface area contributed by atoms with Gasteiger partial charge >= 0.3 is 5.97 Å². The predicted molar refractivity (Wildman–Crippen MR) is 70.1 cm³/mol. The Hall–Kier alpha value is -2.63. The van der Waals surface area contributed by atoms with Crippen molar-refractivity contribution >= 4 is 11.9 Å². The SMILES string of the molecule is Cc1ccn(Cc2ccc(C(N)=O)cc2F)c1C(=O)O. The first kappa shape index (κ1) is 13.8. The number of hydrogen-bond donors (Lipinski definition) is 2. The molecule has 0 saturated heterocycles. The third kappa shape index (κ3) is 2.54. The molecule has 0 unspecified atom stereocenters. The summed E-state index contributed by atoms with van der Waals surface area (Å²) in [4.78, 5) is 22.1. The van der Waals surface area contributed by atoms with Gasteiger partial charge in [-0.1, -0.05) is 6.07 Å². The number of carbonyl (C=O) groups excluding carboxylic acids is 1. The van der Waals surface area contributed by atoms with Crippen LogP contribution in [-0.4, -0.2) is 21.6 Å². The van der Waals surface area contributed by atoms with Gasteiger partial charge in [0.2, 0.25) is 5.91 Å². The Balaban J connectivity index is 2.36. The lowest BCUT2D eigenvalue weighted by atomic mass is 10.1. The maximum atomic E-state index is 13.9. The van der Waals surface area contributed by atoms with Crippen molar-refractivity contribution in [1.29, 1.82) is 0 Å². The van der Waals surface area contributed by atoms with Crippen LogP contribution in [0.3, 0.4) is 0 Å². The van der Waals surface area contributed by atoms with Crippen LogP contribution in [0.15, 0.2) is 30.5 Å². The average molecular weight is 276 g/mol. The molecular weight excluding hydrogens is 263 g/mol. The molecule has 20 heavy (non-hydrogen) atoms. The molecule has 1 amide bonds. The number of benzene rings is 1. The summed E-state index contributed by atoms with van der Waals surface area (Å²) in [6.07, 6.45) is 1.58. The number of amides is 1. The quantitative estimate of drug-likeness (QED) is 0.892. The Bertz CT molecular complexity index is 692. The summed E-state index contributed by atoms with van der Waals surface area (Å²) in [6, 6.07) is 5.54. The van der Waals surface area contributed by atoms with Crippen LogP contribution in [0.4, 0.5) is 4.39 Å². The molecular formula is C14H13FN2O3. The van der Waals surface area contributed by atoms with Crippen LogP contribution in [-0.2, 0) is 6.54 Å². The number of nitrogens with zero attached hydrogens (tertiary/aromatic N) is 1. The number of aryl methyl sites for hydroxylation is 1. The summed E-state index contributed by atoms with van der Waals surface area (Å²) in [5, 5.41) is 9.12. The zero-order chi connectivity index (χ0) is 14.9.